The van der Waals surface area contributed by atoms with Crippen LogP contribution in [0.4, 0.5) is 0 Å². The molecule has 0 amide bonds. The summed E-state index contributed by atoms with van der Waals surface area (Å²) in [5.74, 6) is 0. The van der Waals surface area contributed by atoms with Crippen molar-refractivity contribution in [2.24, 2.45) is 14.1 Å². The lowest BCUT2D eigenvalue weighted by Crippen LogP contribution is -2.28. The number of hydrogen-bond acceptors (Lipinski definition) is 4. The highest BCUT2D eigenvalue weighted by molar-refractivity contribution is 7.91. The second kappa shape index (κ2) is 5.42. The Morgan fingerprint density at radius 1 is 1.08 bits per heavy atom. The van der Waals surface area contributed by atoms with Gasteiger partial charge in [0.2, 0.25) is 9.84 Å². The molecule has 0 saturated heterocycles. The van der Waals surface area contributed by atoms with Crippen LogP contribution < -0.4 is 5.56 Å². The van der Waals surface area contributed by atoms with Crippen molar-refractivity contribution in [3.63, 3.8) is 0 Å². The van der Waals surface area contributed by atoms with E-state index in [1.54, 1.807) is 36.1 Å². The molecule has 0 atom stereocenters. The lowest BCUT2D eigenvalue weighted by Gasteiger charge is -2.21. The number of rotatable bonds is 2. The Labute approximate surface area is 145 Å². The van der Waals surface area contributed by atoms with Gasteiger partial charge in [-0.3, -0.25) is 9.48 Å². The highest BCUT2D eigenvalue weighted by Crippen LogP contribution is 2.33. The molecule has 0 fully saturated rings. The lowest BCUT2D eigenvalue weighted by molar-refractivity contribution is 0.592. The molecule has 6 nitrogen and oxygen atoms in total. The zero-order valence-electron chi connectivity index (χ0n) is 13.9. The number of aryl methyl sites for hydroxylation is 2. The number of sulfone groups is 1. The molecular weight excluding hydrogens is 338 g/mol. The van der Waals surface area contributed by atoms with Crippen molar-refractivity contribution in [3.8, 4) is 11.3 Å². The van der Waals surface area contributed by atoms with E-state index >= 15 is 0 Å². The fourth-order valence-corrected chi connectivity index (χ4v) is 4.88. The first-order chi connectivity index (χ1) is 11.9. The first-order valence-corrected chi connectivity index (χ1v) is 9.44. The number of pyridine rings is 1. The van der Waals surface area contributed by atoms with Gasteiger partial charge < -0.3 is 4.57 Å². The highest BCUT2D eigenvalue weighted by atomic mass is 32.2. The van der Waals surface area contributed by atoms with Gasteiger partial charge in [-0.2, -0.15) is 5.10 Å². The summed E-state index contributed by atoms with van der Waals surface area (Å²) in [6.07, 6.45) is 3.17. The highest BCUT2D eigenvalue weighted by Gasteiger charge is 2.28. The van der Waals surface area contributed by atoms with Gasteiger partial charge >= 0.3 is 0 Å². The molecule has 0 unspecified atom stereocenters. The SMILES string of the molecule is Cn1ncc2c1CCc1cc(S(=O)(=O)c3ccccc3)c(=O)n(C)c1-2. The fourth-order valence-electron chi connectivity index (χ4n) is 3.44. The van der Waals surface area contributed by atoms with Gasteiger partial charge in [0.15, 0.2) is 0 Å². The van der Waals surface area contributed by atoms with Crippen LogP contribution in [-0.2, 0) is 36.8 Å². The van der Waals surface area contributed by atoms with E-state index in [2.05, 4.69) is 5.10 Å². The molecule has 1 aromatic carbocycles. The minimum atomic E-state index is -3.85. The van der Waals surface area contributed by atoms with Crippen LogP contribution in [0.5, 0.6) is 0 Å². The van der Waals surface area contributed by atoms with Gasteiger partial charge in [-0.25, -0.2) is 8.42 Å². The van der Waals surface area contributed by atoms with Crippen LogP contribution in [0.15, 0.2) is 57.2 Å². The fraction of sp³-hybridized carbons (Fsp3) is 0.222. The van der Waals surface area contributed by atoms with E-state index in [-0.39, 0.29) is 9.79 Å². The lowest BCUT2D eigenvalue weighted by atomic mass is 9.94. The quantitative estimate of drug-likeness (QED) is 0.701. The van der Waals surface area contributed by atoms with E-state index < -0.39 is 15.4 Å². The molecule has 2 heterocycles. The molecule has 4 rings (SSSR count). The van der Waals surface area contributed by atoms with Crippen molar-refractivity contribution in [1.29, 1.82) is 0 Å². The summed E-state index contributed by atoms with van der Waals surface area (Å²) < 4.78 is 29.1. The van der Waals surface area contributed by atoms with Crippen molar-refractivity contribution >= 4 is 9.84 Å². The smallest absolute Gasteiger partial charge is 0.269 e. The van der Waals surface area contributed by atoms with Gasteiger partial charge in [0.25, 0.3) is 5.56 Å². The second-order valence-electron chi connectivity index (χ2n) is 6.19. The molecule has 2 aromatic heterocycles. The van der Waals surface area contributed by atoms with Crippen molar-refractivity contribution < 1.29 is 8.42 Å². The maximum Gasteiger partial charge on any atom is 0.269 e. The van der Waals surface area contributed by atoms with E-state index in [4.69, 9.17) is 0 Å². The molecule has 3 aromatic rings. The Hall–Kier alpha value is -2.67. The van der Waals surface area contributed by atoms with Gasteiger partial charge in [0.1, 0.15) is 4.90 Å². The number of fused-ring (bicyclic) bond motifs is 3. The summed E-state index contributed by atoms with van der Waals surface area (Å²) in [5, 5.41) is 4.27. The molecule has 0 aliphatic heterocycles. The first-order valence-electron chi connectivity index (χ1n) is 7.95. The summed E-state index contributed by atoms with van der Waals surface area (Å²) in [7, 11) is -0.362. The number of benzene rings is 1. The van der Waals surface area contributed by atoms with E-state index in [0.29, 0.717) is 6.42 Å². The van der Waals surface area contributed by atoms with Gasteiger partial charge in [0, 0.05) is 25.4 Å². The molecule has 0 N–H and O–H groups in total. The van der Waals surface area contributed by atoms with Gasteiger partial charge in [-0.05, 0) is 36.6 Å². The van der Waals surface area contributed by atoms with Gasteiger partial charge in [-0.1, -0.05) is 18.2 Å². The third-order valence-electron chi connectivity index (χ3n) is 4.75. The maximum absolute atomic E-state index is 12.9. The van der Waals surface area contributed by atoms with E-state index in [9.17, 15) is 13.2 Å². The maximum atomic E-state index is 12.9. The third-order valence-corrected chi connectivity index (χ3v) is 6.52. The predicted octanol–water partition coefficient (Wildman–Crippen LogP) is 1.72. The molecule has 0 bridgehead atoms. The second-order valence-corrected chi connectivity index (χ2v) is 8.11. The largest absolute Gasteiger partial charge is 0.310 e. The Bertz CT molecular complexity index is 1140. The van der Waals surface area contributed by atoms with Crippen molar-refractivity contribution in [1.82, 2.24) is 14.3 Å². The topological polar surface area (TPSA) is 74.0 Å². The molecule has 128 valence electrons. The minimum Gasteiger partial charge on any atom is -0.310 e. The van der Waals surface area contributed by atoms with Gasteiger partial charge in [-0.15, -0.1) is 0 Å². The van der Waals surface area contributed by atoms with Crippen molar-refractivity contribution in [2.45, 2.75) is 22.6 Å². The minimum absolute atomic E-state index is 0.130. The Kier molecular flexibility index (Phi) is 3.43. The van der Waals surface area contributed by atoms with Crippen LogP contribution in [-0.4, -0.2) is 22.8 Å². The first kappa shape index (κ1) is 15.8. The van der Waals surface area contributed by atoms with Gasteiger partial charge in [0.05, 0.1) is 16.8 Å². The number of aromatic nitrogens is 3. The number of nitrogens with zero attached hydrogens (tertiary/aromatic N) is 3. The molecule has 25 heavy (non-hydrogen) atoms. The Morgan fingerprint density at radius 2 is 1.80 bits per heavy atom. The summed E-state index contributed by atoms with van der Waals surface area (Å²) in [4.78, 5) is 12.8. The van der Waals surface area contributed by atoms with Crippen LogP contribution in [0.25, 0.3) is 11.3 Å². The van der Waals surface area contributed by atoms with E-state index in [1.807, 2.05) is 7.05 Å². The Morgan fingerprint density at radius 3 is 2.52 bits per heavy atom. The zero-order chi connectivity index (χ0) is 17.8. The molecule has 1 aliphatic carbocycles. The van der Waals surface area contributed by atoms with Crippen LogP contribution >= 0.6 is 0 Å². The summed E-state index contributed by atoms with van der Waals surface area (Å²) in [5.41, 5.74) is 3.05. The zero-order valence-corrected chi connectivity index (χ0v) is 14.7. The number of hydrogen-bond donors (Lipinski definition) is 0. The van der Waals surface area contributed by atoms with Crippen LogP contribution in [0, 0.1) is 0 Å². The monoisotopic (exact) mass is 355 g/mol. The van der Waals surface area contributed by atoms with Crippen molar-refractivity contribution in [3.05, 3.63) is 64.2 Å². The van der Waals surface area contributed by atoms with Crippen LogP contribution in [0.2, 0.25) is 0 Å². The van der Waals surface area contributed by atoms with E-state index in [0.717, 1.165) is 28.9 Å². The predicted molar refractivity (Wildman–Crippen MR) is 93.2 cm³/mol. The average Bonchev–Trinajstić information content (AvgIpc) is 2.99. The normalized spacial score (nSPS) is 13.4. The summed E-state index contributed by atoms with van der Waals surface area (Å²) >= 11 is 0. The third kappa shape index (κ3) is 2.26. The van der Waals surface area contributed by atoms with E-state index in [1.165, 1.54) is 22.8 Å². The van der Waals surface area contributed by atoms with Crippen molar-refractivity contribution in [2.75, 3.05) is 0 Å². The molecule has 1 aliphatic rings. The summed E-state index contributed by atoms with van der Waals surface area (Å²) in [6.45, 7) is 0. The van der Waals surface area contributed by atoms with Crippen LogP contribution in [0.1, 0.15) is 11.3 Å². The summed E-state index contributed by atoms with van der Waals surface area (Å²) in [6, 6.07) is 9.60. The molecule has 7 heteroatoms. The standard InChI is InChI=1S/C18H17N3O3S/c1-20-17-12(8-9-15-14(17)11-19-21(15)2)10-16(18(20)22)25(23,24)13-6-4-3-5-7-13/h3-7,10-11H,8-9H2,1-2H3. The molecule has 0 spiro atoms. The average molecular weight is 355 g/mol. The molecular formula is C18H17N3O3S. The molecule has 0 saturated carbocycles. The van der Waals surface area contributed by atoms with Crippen LogP contribution in [0.3, 0.4) is 0 Å². The molecule has 0 radical (unpaired) electrons. The Balaban J connectivity index is 1.98.